The first-order valence-corrected chi connectivity index (χ1v) is 10.4. The number of carbonyl (C=O) groups excluding carboxylic acids is 1. The van der Waals surface area contributed by atoms with Crippen LogP contribution in [0.3, 0.4) is 0 Å². The Morgan fingerprint density at radius 1 is 1.30 bits per heavy atom. The Kier molecular flexibility index (Phi) is 5.80. The molecule has 148 valence electrons. The molecule has 3 rings (SSSR count). The summed E-state index contributed by atoms with van der Waals surface area (Å²) in [6.45, 7) is 11.8. The normalized spacial score (nSPS) is 25.3. The molecule has 2 unspecified atom stereocenters. The topological polar surface area (TPSA) is 32.8 Å². The number of ether oxygens (including phenoxy) is 1. The van der Waals surface area contributed by atoms with Crippen molar-refractivity contribution >= 4 is 23.3 Å². The molecule has 27 heavy (non-hydrogen) atoms. The predicted molar refractivity (Wildman–Crippen MR) is 113 cm³/mol. The Labute approximate surface area is 168 Å². The van der Waals surface area contributed by atoms with Crippen molar-refractivity contribution in [3.63, 3.8) is 0 Å². The number of carbonyl (C=O) groups is 1. The van der Waals surface area contributed by atoms with Gasteiger partial charge in [-0.05, 0) is 29.7 Å². The Morgan fingerprint density at radius 2 is 2.00 bits per heavy atom. The highest BCUT2D eigenvalue weighted by atomic mass is 32.1. The van der Waals surface area contributed by atoms with Gasteiger partial charge in [0.2, 0.25) is 0 Å². The fourth-order valence-electron chi connectivity index (χ4n) is 4.30. The monoisotopic (exact) mass is 388 g/mol. The smallest absolute Gasteiger partial charge is 0.410 e. The summed E-state index contributed by atoms with van der Waals surface area (Å²) in [6, 6.07) is 9.86. The fraction of sp³-hybridized carbons (Fsp3) is 0.636. The van der Waals surface area contributed by atoms with Crippen molar-refractivity contribution in [3.05, 3.63) is 35.9 Å². The number of hydrogen-bond acceptors (Lipinski definition) is 3. The van der Waals surface area contributed by atoms with Crippen LogP contribution in [-0.2, 0) is 11.3 Å². The Hall–Kier alpha value is -1.62. The number of nitrogens with zero attached hydrogens (tertiary/aromatic N) is 2. The third-order valence-electron chi connectivity index (χ3n) is 5.87. The number of amides is 1. The van der Waals surface area contributed by atoms with Gasteiger partial charge >= 0.3 is 6.09 Å². The first kappa shape index (κ1) is 20.1. The third kappa shape index (κ3) is 4.45. The van der Waals surface area contributed by atoms with Crippen molar-refractivity contribution in [2.45, 2.75) is 59.1 Å². The SMILES string of the molecule is CC1CN(C(=O)OCc2ccccc2)C12CCCN(C(=S)CC(C)(C)C)C2. The summed E-state index contributed by atoms with van der Waals surface area (Å²) < 4.78 is 5.62. The molecule has 0 aromatic heterocycles. The fourth-order valence-corrected chi connectivity index (χ4v) is 4.89. The van der Waals surface area contributed by atoms with Crippen LogP contribution in [0.25, 0.3) is 0 Å². The van der Waals surface area contributed by atoms with Crippen LogP contribution in [0.2, 0.25) is 0 Å². The zero-order valence-electron chi connectivity index (χ0n) is 17.0. The van der Waals surface area contributed by atoms with Crippen LogP contribution in [0, 0.1) is 11.3 Å². The molecule has 1 aromatic carbocycles. The molecule has 0 N–H and O–H groups in total. The van der Waals surface area contributed by atoms with Gasteiger partial charge in [0.15, 0.2) is 0 Å². The number of hydrogen-bond donors (Lipinski definition) is 0. The molecule has 4 nitrogen and oxygen atoms in total. The van der Waals surface area contributed by atoms with Crippen LogP contribution in [0.5, 0.6) is 0 Å². The van der Waals surface area contributed by atoms with E-state index >= 15 is 0 Å². The lowest BCUT2D eigenvalue weighted by molar-refractivity contribution is -0.0906. The summed E-state index contributed by atoms with van der Waals surface area (Å²) in [5.41, 5.74) is 1.07. The van der Waals surface area contributed by atoms with E-state index in [1.54, 1.807) is 0 Å². The second-order valence-electron chi connectivity index (χ2n) is 9.31. The standard InChI is InChI=1S/C22H32N2O2S/c1-17-14-24(20(25)26-15-18-9-6-5-7-10-18)22(17)11-8-12-23(16-22)19(27)13-21(2,3)4/h5-7,9-10,17H,8,11-16H2,1-4H3. The molecule has 1 aromatic rings. The van der Waals surface area contributed by atoms with Crippen molar-refractivity contribution < 1.29 is 9.53 Å². The summed E-state index contributed by atoms with van der Waals surface area (Å²) in [5, 5.41) is 0. The minimum atomic E-state index is -0.194. The molecule has 5 heteroatoms. The maximum Gasteiger partial charge on any atom is 0.410 e. The van der Waals surface area contributed by atoms with E-state index in [-0.39, 0.29) is 17.0 Å². The van der Waals surface area contributed by atoms with Gasteiger partial charge < -0.3 is 14.5 Å². The molecular formula is C22H32N2O2S. The largest absolute Gasteiger partial charge is 0.445 e. The molecule has 0 bridgehead atoms. The maximum absolute atomic E-state index is 12.8. The van der Waals surface area contributed by atoms with Crippen LogP contribution < -0.4 is 0 Å². The minimum Gasteiger partial charge on any atom is -0.445 e. The highest BCUT2D eigenvalue weighted by molar-refractivity contribution is 7.80. The lowest BCUT2D eigenvalue weighted by atomic mass is 9.70. The zero-order valence-corrected chi connectivity index (χ0v) is 17.8. The second-order valence-corrected chi connectivity index (χ2v) is 9.78. The van der Waals surface area contributed by atoms with Crippen LogP contribution in [0.4, 0.5) is 4.79 Å². The Bertz CT molecular complexity index is 685. The van der Waals surface area contributed by atoms with Crippen molar-refractivity contribution in [1.82, 2.24) is 9.80 Å². The Morgan fingerprint density at radius 3 is 2.63 bits per heavy atom. The highest BCUT2D eigenvalue weighted by Crippen LogP contribution is 2.44. The van der Waals surface area contributed by atoms with Gasteiger partial charge in [-0.2, -0.15) is 0 Å². The van der Waals surface area contributed by atoms with E-state index in [1.165, 1.54) is 0 Å². The molecule has 2 aliphatic rings. The van der Waals surface area contributed by atoms with Crippen LogP contribution >= 0.6 is 12.2 Å². The van der Waals surface area contributed by atoms with Gasteiger partial charge in [-0.25, -0.2) is 4.79 Å². The molecule has 2 saturated heterocycles. The van der Waals surface area contributed by atoms with Crippen LogP contribution in [-0.4, -0.2) is 46.1 Å². The van der Waals surface area contributed by atoms with E-state index in [1.807, 2.05) is 35.2 Å². The van der Waals surface area contributed by atoms with E-state index < -0.39 is 0 Å². The lowest BCUT2D eigenvalue weighted by Crippen LogP contribution is -2.73. The van der Waals surface area contributed by atoms with E-state index in [0.29, 0.717) is 12.5 Å². The van der Waals surface area contributed by atoms with E-state index in [0.717, 1.165) is 49.4 Å². The van der Waals surface area contributed by atoms with Gasteiger partial charge in [-0.15, -0.1) is 0 Å². The van der Waals surface area contributed by atoms with Crippen LogP contribution in [0.15, 0.2) is 30.3 Å². The number of likely N-dealkylation sites (tertiary alicyclic amines) is 2. The highest BCUT2D eigenvalue weighted by Gasteiger charge is 2.55. The van der Waals surface area contributed by atoms with Gasteiger partial charge in [0.1, 0.15) is 6.61 Å². The van der Waals surface area contributed by atoms with E-state index in [4.69, 9.17) is 17.0 Å². The van der Waals surface area contributed by atoms with Gasteiger partial charge in [-0.1, -0.05) is 70.2 Å². The Balaban J connectivity index is 1.64. The molecule has 1 amide bonds. The molecule has 0 radical (unpaired) electrons. The lowest BCUT2D eigenvalue weighted by Gasteiger charge is -2.60. The van der Waals surface area contributed by atoms with E-state index in [9.17, 15) is 4.79 Å². The summed E-state index contributed by atoms with van der Waals surface area (Å²) in [7, 11) is 0. The molecule has 1 spiro atoms. The molecule has 0 aliphatic carbocycles. The summed E-state index contributed by atoms with van der Waals surface area (Å²) in [5.74, 6) is 0.474. The van der Waals surface area contributed by atoms with Gasteiger partial charge in [0.25, 0.3) is 0 Å². The molecule has 2 aliphatic heterocycles. The quantitative estimate of drug-likeness (QED) is 0.692. The molecule has 2 atom stereocenters. The maximum atomic E-state index is 12.8. The number of piperidine rings is 1. The summed E-state index contributed by atoms with van der Waals surface area (Å²) in [6.07, 6.45) is 2.81. The van der Waals surface area contributed by atoms with Gasteiger partial charge in [0, 0.05) is 26.1 Å². The van der Waals surface area contributed by atoms with Crippen molar-refractivity contribution in [2.24, 2.45) is 11.3 Å². The molecule has 0 saturated carbocycles. The summed E-state index contributed by atoms with van der Waals surface area (Å²) in [4.78, 5) is 18.1. The number of rotatable bonds is 3. The van der Waals surface area contributed by atoms with Crippen molar-refractivity contribution in [3.8, 4) is 0 Å². The second kappa shape index (κ2) is 7.78. The van der Waals surface area contributed by atoms with Crippen LogP contribution in [0.1, 0.15) is 52.5 Å². The predicted octanol–water partition coefficient (Wildman–Crippen LogP) is 4.87. The number of thiocarbonyl (C=S) groups is 1. The average Bonchev–Trinajstić information content (AvgIpc) is 2.63. The van der Waals surface area contributed by atoms with Gasteiger partial charge in [-0.3, -0.25) is 0 Å². The van der Waals surface area contributed by atoms with Gasteiger partial charge in [0.05, 0.1) is 10.5 Å². The third-order valence-corrected chi connectivity index (χ3v) is 6.28. The molecular weight excluding hydrogens is 356 g/mol. The van der Waals surface area contributed by atoms with Crippen molar-refractivity contribution in [1.29, 1.82) is 0 Å². The first-order valence-electron chi connectivity index (χ1n) is 9.97. The first-order chi connectivity index (χ1) is 12.7. The molecule has 2 heterocycles. The minimum absolute atomic E-state index is 0.131. The average molecular weight is 389 g/mol. The summed E-state index contributed by atoms with van der Waals surface area (Å²) >= 11 is 5.75. The van der Waals surface area contributed by atoms with E-state index in [2.05, 4.69) is 32.6 Å². The number of benzene rings is 1. The zero-order chi connectivity index (χ0) is 19.7. The molecule has 2 fully saturated rings. The van der Waals surface area contributed by atoms with Crippen molar-refractivity contribution in [2.75, 3.05) is 19.6 Å².